The quantitative estimate of drug-likeness (QED) is 0.336. The van der Waals surface area contributed by atoms with Crippen molar-refractivity contribution in [1.82, 2.24) is 19.6 Å². The molecule has 96 valence electrons. The van der Waals surface area contributed by atoms with Crippen molar-refractivity contribution in [3.8, 4) is 0 Å². The fourth-order valence-corrected chi connectivity index (χ4v) is 1.68. The molecule has 0 fully saturated rings. The van der Waals surface area contributed by atoms with Gasteiger partial charge in [0.05, 0.1) is 0 Å². The second-order valence-corrected chi connectivity index (χ2v) is 3.73. The number of amidine groups is 1. The Hall–Kier alpha value is -2.38. The van der Waals surface area contributed by atoms with E-state index in [2.05, 4.69) is 20.3 Å². The number of anilines is 1. The SMILES string of the molecule is CCN(CCC(N)=NO)c1nccn2cnnc12. The zero-order valence-corrected chi connectivity index (χ0v) is 10.1. The smallest absolute Gasteiger partial charge is 0.203 e. The first-order chi connectivity index (χ1) is 8.76. The first kappa shape index (κ1) is 12.1. The number of hydrogen-bond donors (Lipinski definition) is 2. The highest BCUT2D eigenvalue weighted by Gasteiger charge is 2.12. The molecule has 18 heavy (non-hydrogen) atoms. The highest BCUT2D eigenvalue weighted by atomic mass is 16.4. The lowest BCUT2D eigenvalue weighted by Gasteiger charge is -2.21. The van der Waals surface area contributed by atoms with Crippen LogP contribution in [-0.4, -0.2) is 43.7 Å². The maximum Gasteiger partial charge on any atom is 0.203 e. The van der Waals surface area contributed by atoms with E-state index in [9.17, 15) is 0 Å². The van der Waals surface area contributed by atoms with Crippen molar-refractivity contribution in [3.63, 3.8) is 0 Å². The highest BCUT2D eigenvalue weighted by Crippen LogP contribution is 2.15. The van der Waals surface area contributed by atoms with Gasteiger partial charge in [0, 0.05) is 31.9 Å². The van der Waals surface area contributed by atoms with Gasteiger partial charge in [-0.2, -0.15) is 0 Å². The average Bonchev–Trinajstić information content (AvgIpc) is 2.88. The zero-order valence-electron chi connectivity index (χ0n) is 10.1. The summed E-state index contributed by atoms with van der Waals surface area (Å²) in [6, 6.07) is 0. The lowest BCUT2D eigenvalue weighted by Crippen LogP contribution is -2.29. The van der Waals surface area contributed by atoms with Crippen molar-refractivity contribution in [2.45, 2.75) is 13.3 Å². The van der Waals surface area contributed by atoms with Gasteiger partial charge in [-0.25, -0.2) is 4.98 Å². The maximum atomic E-state index is 8.53. The summed E-state index contributed by atoms with van der Waals surface area (Å²) in [5.74, 6) is 0.935. The van der Waals surface area contributed by atoms with Gasteiger partial charge in [-0.05, 0) is 6.92 Å². The van der Waals surface area contributed by atoms with Crippen LogP contribution in [0.25, 0.3) is 5.65 Å². The van der Waals surface area contributed by atoms with Crippen LogP contribution in [0.2, 0.25) is 0 Å². The Labute approximate surface area is 104 Å². The van der Waals surface area contributed by atoms with E-state index in [4.69, 9.17) is 10.9 Å². The number of oxime groups is 1. The molecule has 0 saturated heterocycles. The van der Waals surface area contributed by atoms with Crippen molar-refractivity contribution in [2.75, 3.05) is 18.0 Å². The van der Waals surface area contributed by atoms with E-state index in [0.717, 1.165) is 12.4 Å². The molecule has 3 N–H and O–H groups in total. The molecule has 2 rings (SSSR count). The van der Waals surface area contributed by atoms with Crippen LogP contribution >= 0.6 is 0 Å². The Balaban J connectivity index is 2.24. The van der Waals surface area contributed by atoms with E-state index in [-0.39, 0.29) is 5.84 Å². The summed E-state index contributed by atoms with van der Waals surface area (Å²) in [4.78, 5) is 6.32. The normalized spacial score (nSPS) is 11.9. The first-order valence-corrected chi connectivity index (χ1v) is 5.62. The summed E-state index contributed by atoms with van der Waals surface area (Å²) in [6.45, 7) is 3.36. The molecule has 2 aromatic rings. The monoisotopic (exact) mass is 249 g/mol. The van der Waals surface area contributed by atoms with Crippen molar-refractivity contribution >= 4 is 17.3 Å². The summed E-state index contributed by atoms with van der Waals surface area (Å²) >= 11 is 0. The highest BCUT2D eigenvalue weighted by molar-refractivity contribution is 5.80. The molecule has 0 aliphatic rings. The fourth-order valence-electron chi connectivity index (χ4n) is 1.68. The van der Waals surface area contributed by atoms with E-state index in [1.54, 1.807) is 23.1 Å². The van der Waals surface area contributed by atoms with Gasteiger partial charge in [-0.3, -0.25) is 4.40 Å². The van der Waals surface area contributed by atoms with Crippen LogP contribution in [0.15, 0.2) is 23.9 Å². The number of nitrogens with zero attached hydrogens (tertiary/aromatic N) is 6. The van der Waals surface area contributed by atoms with E-state index < -0.39 is 0 Å². The lowest BCUT2D eigenvalue weighted by atomic mass is 10.3. The minimum atomic E-state index is 0.196. The van der Waals surface area contributed by atoms with Crippen molar-refractivity contribution < 1.29 is 5.21 Å². The molecule has 0 bridgehead atoms. The standard InChI is InChI=1S/C10H15N7O/c1-2-16(5-3-8(11)15-18)9-10-14-13-7-17(10)6-4-12-9/h4,6-7,18H,2-3,5H2,1H3,(H2,11,15). The minimum absolute atomic E-state index is 0.196. The van der Waals surface area contributed by atoms with Gasteiger partial charge in [-0.1, -0.05) is 5.16 Å². The summed E-state index contributed by atoms with van der Waals surface area (Å²) in [6.07, 6.45) is 5.56. The van der Waals surface area contributed by atoms with Crippen LogP contribution in [-0.2, 0) is 0 Å². The summed E-state index contributed by atoms with van der Waals surface area (Å²) < 4.78 is 1.80. The molecule has 0 aliphatic heterocycles. The fraction of sp³-hybridized carbons (Fsp3) is 0.400. The summed E-state index contributed by atoms with van der Waals surface area (Å²) in [7, 11) is 0. The average molecular weight is 249 g/mol. The van der Waals surface area contributed by atoms with Crippen molar-refractivity contribution in [1.29, 1.82) is 0 Å². The second kappa shape index (κ2) is 5.30. The van der Waals surface area contributed by atoms with Gasteiger partial charge in [0.25, 0.3) is 0 Å². The Kier molecular flexibility index (Phi) is 3.56. The number of fused-ring (bicyclic) bond motifs is 1. The molecule has 0 spiro atoms. The molecular weight excluding hydrogens is 234 g/mol. The van der Waals surface area contributed by atoms with Gasteiger partial charge in [0.2, 0.25) is 5.65 Å². The van der Waals surface area contributed by atoms with E-state index in [0.29, 0.717) is 18.6 Å². The number of hydrogen-bond acceptors (Lipinski definition) is 6. The second-order valence-electron chi connectivity index (χ2n) is 3.73. The molecule has 0 saturated carbocycles. The van der Waals surface area contributed by atoms with Gasteiger partial charge < -0.3 is 15.8 Å². The Morgan fingerprint density at radius 1 is 1.61 bits per heavy atom. The Morgan fingerprint density at radius 3 is 3.17 bits per heavy atom. The van der Waals surface area contributed by atoms with Crippen molar-refractivity contribution in [2.24, 2.45) is 10.9 Å². The van der Waals surface area contributed by atoms with Crippen LogP contribution in [0.5, 0.6) is 0 Å². The van der Waals surface area contributed by atoms with E-state index >= 15 is 0 Å². The predicted octanol–water partition coefficient (Wildman–Crippen LogP) is 0.0871. The predicted molar refractivity (Wildman–Crippen MR) is 66.7 cm³/mol. The minimum Gasteiger partial charge on any atom is -0.409 e. The van der Waals surface area contributed by atoms with Crippen molar-refractivity contribution in [3.05, 3.63) is 18.7 Å². The summed E-state index contributed by atoms with van der Waals surface area (Å²) in [5.41, 5.74) is 6.16. The van der Waals surface area contributed by atoms with Gasteiger partial charge >= 0.3 is 0 Å². The third kappa shape index (κ3) is 2.31. The Bertz CT molecular complexity index is 550. The van der Waals surface area contributed by atoms with E-state index in [1.807, 2.05) is 11.8 Å². The molecule has 2 heterocycles. The van der Waals surface area contributed by atoms with Crippen LogP contribution in [0.4, 0.5) is 5.82 Å². The molecule has 8 heteroatoms. The Morgan fingerprint density at radius 2 is 2.44 bits per heavy atom. The number of nitrogens with two attached hydrogens (primary N) is 1. The summed E-state index contributed by atoms with van der Waals surface area (Å²) in [5, 5.41) is 19.4. The van der Waals surface area contributed by atoms with Gasteiger partial charge in [-0.15, -0.1) is 10.2 Å². The molecule has 2 aromatic heterocycles. The first-order valence-electron chi connectivity index (χ1n) is 5.62. The molecule has 0 atom stereocenters. The number of rotatable bonds is 5. The molecule has 0 unspecified atom stereocenters. The molecule has 0 radical (unpaired) electrons. The van der Waals surface area contributed by atoms with Crippen LogP contribution in [0.1, 0.15) is 13.3 Å². The number of aromatic nitrogens is 4. The molecule has 0 amide bonds. The lowest BCUT2D eigenvalue weighted by molar-refractivity contribution is 0.317. The topological polar surface area (TPSA) is 105 Å². The van der Waals surface area contributed by atoms with Crippen LogP contribution < -0.4 is 10.6 Å². The van der Waals surface area contributed by atoms with Gasteiger partial charge in [0.15, 0.2) is 5.82 Å². The molecule has 0 aliphatic carbocycles. The molecule has 8 nitrogen and oxygen atoms in total. The molecule has 0 aromatic carbocycles. The zero-order chi connectivity index (χ0) is 13.0. The maximum absolute atomic E-state index is 8.53. The van der Waals surface area contributed by atoms with Gasteiger partial charge in [0.1, 0.15) is 12.2 Å². The third-order valence-corrected chi connectivity index (χ3v) is 2.64. The third-order valence-electron chi connectivity index (χ3n) is 2.64. The van der Waals surface area contributed by atoms with E-state index in [1.165, 1.54) is 0 Å². The molecular formula is C10H15N7O. The van der Waals surface area contributed by atoms with Crippen LogP contribution in [0, 0.1) is 0 Å². The van der Waals surface area contributed by atoms with Crippen LogP contribution in [0.3, 0.4) is 0 Å². The largest absolute Gasteiger partial charge is 0.409 e.